The van der Waals surface area contributed by atoms with Gasteiger partial charge in [0, 0.05) is 13.1 Å². The molecule has 118 valence electrons. The van der Waals surface area contributed by atoms with E-state index in [4.69, 9.17) is 5.11 Å². The molecule has 1 aromatic heterocycles. The van der Waals surface area contributed by atoms with Crippen LogP contribution in [0.3, 0.4) is 0 Å². The van der Waals surface area contributed by atoms with E-state index in [0.29, 0.717) is 5.69 Å². The highest BCUT2D eigenvalue weighted by Gasteiger charge is 2.22. The molecule has 1 aliphatic heterocycles. The molecule has 0 fully saturated rings. The van der Waals surface area contributed by atoms with Crippen LogP contribution in [0.2, 0.25) is 0 Å². The van der Waals surface area contributed by atoms with Crippen LogP contribution in [0.15, 0.2) is 18.2 Å². The quantitative estimate of drug-likeness (QED) is 0.936. The van der Waals surface area contributed by atoms with Gasteiger partial charge in [0.15, 0.2) is 5.69 Å². The van der Waals surface area contributed by atoms with E-state index in [-0.39, 0.29) is 18.1 Å². The fourth-order valence-corrected chi connectivity index (χ4v) is 2.87. The Kier molecular flexibility index (Phi) is 4.83. The first-order chi connectivity index (χ1) is 10.1. The Hall–Kier alpha value is -1.92. The Morgan fingerprint density at radius 3 is 2.82 bits per heavy atom. The first-order valence-electron chi connectivity index (χ1n) is 7.11. The van der Waals surface area contributed by atoms with E-state index in [0.717, 1.165) is 31.7 Å². The third-order valence-electron chi connectivity index (χ3n) is 4.09. The van der Waals surface area contributed by atoms with Crippen molar-refractivity contribution in [3.8, 4) is 5.69 Å². The molecular weight excluding hydrogens is 304 g/mol. The van der Waals surface area contributed by atoms with Crippen molar-refractivity contribution in [3.05, 3.63) is 40.7 Å². The molecule has 1 aromatic carbocycles. The molecule has 0 unspecified atom stereocenters. The third kappa shape index (κ3) is 2.71. The number of hydrogen-bond donors (Lipinski definition) is 1. The van der Waals surface area contributed by atoms with Gasteiger partial charge in [0.05, 0.1) is 11.4 Å². The van der Waals surface area contributed by atoms with Crippen LogP contribution in [0, 0.1) is 6.92 Å². The lowest BCUT2D eigenvalue weighted by Crippen LogP contribution is -2.31. The zero-order chi connectivity index (χ0) is 15.0. The molecule has 0 spiro atoms. The molecule has 0 bridgehead atoms. The summed E-state index contributed by atoms with van der Waals surface area (Å²) in [6.45, 7) is 6.88. The van der Waals surface area contributed by atoms with Gasteiger partial charge in [-0.1, -0.05) is 24.3 Å². The van der Waals surface area contributed by atoms with Gasteiger partial charge in [0.1, 0.15) is 0 Å². The second-order valence-corrected chi connectivity index (χ2v) is 5.27. The number of carboxylic acid groups (broad SMARTS) is 1. The summed E-state index contributed by atoms with van der Waals surface area (Å²) in [5, 5.41) is 16.9. The highest BCUT2D eigenvalue weighted by atomic mass is 35.5. The lowest BCUT2D eigenvalue weighted by Gasteiger charge is -2.28. The van der Waals surface area contributed by atoms with Crippen molar-refractivity contribution in [2.45, 2.75) is 26.8 Å². The van der Waals surface area contributed by atoms with Gasteiger partial charge < -0.3 is 5.11 Å². The van der Waals surface area contributed by atoms with Crippen molar-refractivity contribution < 1.29 is 9.90 Å². The minimum Gasteiger partial charge on any atom is -0.476 e. The number of rotatable bonds is 3. The van der Waals surface area contributed by atoms with E-state index >= 15 is 0 Å². The van der Waals surface area contributed by atoms with E-state index in [1.54, 1.807) is 11.6 Å². The molecule has 22 heavy (non-hydrogen) atoms. The van der Waals surface area contributed by atoms with Crippen molar-refractivity contribution in [3.63, 3.8) is 0 Å². The van der Waals surface area contributed by atoms with Crippen molar-refractivity contribution in [1.82, 2.24) is 19.9 Å². The van der Waals surface area contributed by atoms with E-state index in [9.17, 15) is 4.79 Å². The molecule has 1 aliphatic rings. The molecule has 0 atom stereocenters. The van der Waals surface area contributed by atoms with Crippen LogP contribution in [0.1, 0.15) is 34.2 Å². The second-order valence-electron chi connectivity index (χ2n) is 5.27. The minimum absolute atomic E-state index is 0. The monoisotopic (exact) mass is 322 g/mol. The largest absolute Gasteiger partial charge is 0.476 e. The number of fused-ring (bicyclic) bond motifs is 1. The van der Waals surface area contributed by atoms with Crippen molar-refractivity contribution in [2.24, 2.45) is 0 Å². The van der Waals surface area contributed by atoms with Gasteiger partial charge in [-0.05, 0) is 37.1 Å². The van der Waals surface area contributed by atoms with Crippen molar-refractivity contribution >= 4 is 18.4 Å². The summed E-state index contributed by atoms with van der Waals surface area (Å²) in [7, 11) is 0. The van der Waals surface area contributed by atoms with Crippen LogP contribution < -0.4 is 0 Å². The van der Waals surface area contributed by atoms with Crippen LogP contribution >= 0.6 is 12.4 Å². The maximum Gasteiger partial charge on any atom is 0.358 e. The predicted molar refractivity (Wildman–Crippen MR) is 85.0 cm³/mol. The number of carbonyl (C=O) groups is 1. The molecular formula is C15H19ClN4O2. The Labute approximate surface area is 135 Å². The maximum atomic E-state index is 11.1. The molecule has 0 radical (unpaired) electrons. The maximum absolute atomic E-state index is 11.1. The van der Waals surface area contributed by atoms with Crippen LogP contribution in [-0.4, -0.2) is 44.1 Å². The van der Waals surface area contributed by atoms with Crippen LogP contribution in [-0.2, 0) is 13.0 Å². The number of carboxylic acids is 1. The number of halogens is 1. The fourth-order valence-electron chi connectivity index (χ4n) is 2.87. The lowest BCUT2D eigenvalue weighted by molar-refractivity contribution is 0.0689. The highest BCUT2D eigenvalue weighted by molar-refractivity contribution is 5.86. The topological polar surface area (TPSA) is 71.2 Å². The van der Waals surface area contributed by atoms with E-state index in [1.807, 2.05) is 12.1 Å². The van der Waals surface area contributed by atoms with Gasteiger partial charge in [-0.2, -0.15) is 0 Å². The van der Waals surface area contributed by atoms with Gasteiger partial charge in [0.25, 0.3) is 0 Å². The van der Waals surface area contributed by atoms with Crippen molar-refractivity contribution in [1.29, 1.82) is 0 Å². The first-order valence-corrected chi connectivity index (χ1v) is 7.11. The van der Waals surface area contributed by atoms with Gasteiger partial charge >= 0.3 is 5.97 Å². The number of aromatic carboxylic acids is 1. The van der Waals surface area contributed by atoms with Crippen LogP contribution in [0.5, 0.6) is 0 Å². The smallest absolute Gasteiger partial charge is 0.358 e. The lowest BCUT2D eigenvalue weighted by atomic mass is 9.97. The summed E-state index contributed by atoms with van der Waals surface area (Å²) >= 11 is 0. The average Bonchev–Trinajstić information content (AvgIpc) is 2.87. The van der Waals surface area contributed by atoms with Gasteiger partial charge in [-0.3, -0.25) is 4.90 Å². The van der Waals surface area contributed by atoms with Gasteiger partial charge in [-0.15, -0.1) is 17.5 Å². The SMILES string of the molecule is CCN1CCc2c(cccc2-n2nnc(C(=O)O)c2C)C1.Cl. The number of aromatic nitrogens is 3. The average molecular weight is 323 g/mol. The Morgan fingerprint density at radius 1 is 1.41 bits per heavy atom. The summed E-state index contributed by atoms with van der Waals surface area (Å²) in [6.07, 6.45) is 0.945. The molecule has 1 N–H and O–H groups in total. The molecule has 0 amide bonds. The zero-order valence-corrected chi connectivity index (χ0v) is 13.4. The summed E-state index contributed by atoms with van der Waals surface area (Å²) in [4.78, 5) is 13.5. The summed E-state index contributed by atoms with van der Waals surface area (Å²) in [5.74, 6) is -1.04. The normalized spacial score (nSPS) is 14.3. The van der Waals surface area contributed by atoms with Crippen molar-refractivity contribution in [2.75, 3.05) is 13.1 Å². The second kappa shape index (κ2) is 6.46. The number of hydrogen-bond acceptors (Lipinski definition) is 4. The molecule has 2 aromatic rings. The molecule has 0 saturated heterocycles. The molecule has 0 aliphatic carbocycles. The summed E-state index contributed by atoms with van der Waals surface area (Å²) < 4.78 is 1.64. The number of likely N-dealkylation sites (N-methyl/N-ethyl adjacent to an activating group) is 1. The van der Waals surface area contributed by atoms with Gasteiger partial charge in [-0.25, -0.2) is 9.48 Å². The standard InChI is InChI=1S/C15H18N4O2.ClH/c1-3-18-8-7-12-11(9-18)5-4-6-13(12)19-10(2)14(15(20)21)16-17-19;/h4-6H,3,7-9H2,1-2H3,(H,20,21);1H. The molecule has 6 nitrogen and oxygen atoms in total. The zero-order valence-electron chi connectivity index (χ0n) is 12.6. The van der Waals surface area contributed by atoms with E-state index in [2.05, 4.69) is 28.2 Å². The van der Waals surface area contributed by atoms with E-state index in [1.165, 1.54) is 11.1 Å². The summed E-state index contributed by atoms with van der Waals surface area (Å²) in [6, 6.07) is 6.10. The first kappa shape index (κ1) is 16.5. The van der Waals surface area contributed by atoms with E-state index < -0.39 is 5.97 Å². The molecule has 7 heteroatoms. The molecule has 3 rings (SSSR count). The van der Waals surface area contributed by atoms with Crippen LogP contribution in [0.25, 0.3) is 5.69 Å². The Morgan fingerprint density at radius 2 is 2.18 bits per heavy atom. The third-order valence-corrected chi connectivity index (χ3v) is 4.09. The highest BCUT2D eigenvalue weighted by Crippen LogP contribution is 2.26. The number of benzene rings is 1. The van der Waals surface area contributed by atoms with Crippen LogP contribution in [0.4, 0.5) is 0 Å². The number of nitrogens with zero attached hydrogens (tertiary/aromatic N) is 4. The Bertz CT molecular complexity index is 699. The molecule has 0 saturated carbocycles. The molecule has 2 heterocycles. The predicted octanol–water partition coefficient (Wildman–Crippen LogP) is 2.07. The summed E-state index contributed by atoms with van der Waals surface area (Å²) in [5.41, 5.74) is 4.05. The van der Waals surface area contributed by atoms with Gasteiger partial charge in [0.2, 0.25) is 0 Å². The fraction of sp³-hybridized carbons (Fsp3) is 0.400. The minimum atomic E-state index is -1.04. The Balaban J connectivity index is 0.00000176.